The zero-order chi connectivity index (χ0) is 13.4. The molecule has 102 valence electrons. The van der Waals surface area contributed by atoms with Crippen molar-refractivity contribution >= 4 is 5.91 Å². The lowest BCUT2D eigenvalue weighted by Crippen LogP contribution is -2.40. The minimum Gasteiger partial charge on any atom is -0.378 e. The van der Waals surface area contributed by atoms with Crippen LogP contribution in [0.1, 0.15) is 40.5 Å². The van der Waals surface area contributed by atoms with E-state index < -0.39 is 0 Å². The second-order valence-electron chi connectivity index (χ2n) is 5.15. The summed E-state index contributed by atoms with van der Waals surface area (Å²) in [5, 5.41) is 0. The summed E-state index contributed by atoms with van der Waals surface area (Å²) in [6.07, 6.45) is 1.69. The van der Waals surface area contributed by atoms with Crippen LogP contribution in [-0.4, -0.2) is 43.2 Å². The maximum absolute atomic E-state index is 11.7. The van der Waals surface area contributed by atoms with Gasteiger partial charge < -0.3 is 15.4 Å². The molecular weight excluding hydrogens is 216 g/mol. The summed E-state index contributed by atoms with van der Waals surface area (Å²) in [4.78, 5) is 13.4. The molecule has 17 heavy (non-hydrogen) atoms. The van der Waals surface area contributed by atoms with Gasteiger partial charge in [-0.3, -0.25) is 4.79 Å². The van der Waals surface area contributed by atoms with Crippen LogP contribution in [0.15, 0.2) is 0 Å². The number of nitrogens with zero attached hydrogens (tertiary/aromatic N) is 1. The molecule has 0 fully saturated rings. The van der Waals surface area contributed by atoms with Gasteiger partial charge in [0.2, 0.25) is 5.91 Å². The molecule has 0 aromatic carbocycles. The fourth-order valence-corrected chi connectivity index (χ4v) is 1.66. The Kier molecular flexibility index (Phi) is 8.17. The number of carbonyl (C=O) groups is 1. The Balaban J connectivity index is 3.77. The van der Waals surface area contributed by atoms with Gasteiger partial charge in [-0.2, -0.15) is 0 Å². The number of rotatable bonds is 8. The van der Waals surface area contributed by atoms with Crippen molar-refractivity contribution in [2.45, 2.75) is 52.7 Å². The summed E-state index contributed by atoms with van der Waals surface area (Å²) in [7, 11) is 1.79. The van der Waals surface area contributed by atoms with E-state index in [1.165, 1.54) is 0 Å². The fourth-order valence-electron chi connectivity index (χ4n) is 1.66. The minimum absolute atomic E-state index is 0.0931. The molecule has 0 aliphatic rings. The molecule has 0 bridgehead atoms. The summed E-state index contributed by atoms with van der Waals surface area (Å²) in [6, 6.07) is 0.0931. The maximum atomic E-state index is 11.7. The van der Waals surface area contributed by atoms with E-state index in [1.807, 2.05) is 6.92 Å². The standard InChI is InChI=1S/C13H28N2O2/c1-10(2)8-12(4)17-7-6-13(16)15(5)11(3)9-14/h10-12H,6-9,14H2,1-5H3. The number of ether oxygens (including phenoxy) is 1. The highest BCUT2D eigenvalue weighted by Gasteiger charge is 2.14. The lowest BCUT2D eigenvalue weighted by molar-refractivity contribution is -0.133. The molecule has 0 saturated carbocycles. The van der Waals surface area contributed by atoms with E-state index in [1.54, 1.807) is 11.9 Å². The third-order valence-electron chi connectivity index (χ3n) is 2.92. The van der Waals surface area contributed by atoms with Gasteiger partial charge in [0.25, 0.3) is 0 Å². The van der Waals surface area contributed by atoms with Crippen LogP contribution >= 0.6 is 0 Å². The van der Waals surface area contributed by atoms with Crippen LogP contribution in [0.25, 0.3) is 0 Å². The molecule has 1 amide bonds. The van der Waals surface area contributed by atoms with Crippen molar-refractivity contribution in [2.24, 2.45) is 11.7 Å². The number of likely N-dealkylation sites (N-methyl/N-ethyl adjacent to an activating group) is 1. The van der Waals surface area contributed by atoms with E-state index in [2.05, 4.69) is 20.8 Å². The van der Waals surface area contributed by atoms with Gasteiger partial charge in [-0.1, -0.05) is 13.8 Å². The van der Waals surface area contributed by atoms with Crippen LogP contribution in [0.3, 0.4) is 0 Å². The number of nitrogens with two attached hydrogens (primary N) is 1. The van der Waals surface area contributed by atoms with Gasteiger partial charge in [0.05, 0.1) is 19.1 Å². The Labute approximate surface area is 105 Å². The second-order valence-corrected chi connectivity index (χ2v) is 5.15. The van der Waals surface area contributed by atoms with E-state index in [9.17, 15) is 4.79 Å². The van der Waals surface area contributed by atoms with Crippen LogP contribution in [-0.2, 0) is 9.53 Å². The quantitative estimate of drug-likeness (QED) is 0.706. The highest BCUT2D eigenvalue weighted by molar-refractivity contribution is 5.76. The van der Waals surface area contributed by atoms with Crippen LogP contribution < -0.4 is 5.73 Å². The average molecular weight is 244 g/mol. The number of carbonyl (C=O) groups excluding carboxylic acids is 1. The third-order valence-corrected chi connectivity index (χ3v) is 2.92. The third kappa shape index (κ3) is 7.34. The van der Waals surface area contributed by atoms with Gasteiger partial charge in [-0.05, 0) is 26.2 Å². The Morgan fingerprint density at radius 1 is 1.29 bits per heavy atom. The normalized spacial score (nSPS) is 14.8. The first-order valence-electron chi connectivity index (χ1n) is 6.45. The summed E-state index contributed by atoms with van der Waals surface area (Å²) < 4.78 is 5.61. The van der Waals surface area contributed by atoms with Gasteiger partial charge >= 0.3 is 0 Å². The highest BCUT2D eigenvalue weighted by Crippen LogP contribution is 2.08. The first-order chi connectivity index (χ1) is 7.88. The smallest absolute Gasteiger partial charge is 0.224 e. The predicted molar refractivity (Wildman–Crippen MR) is 70.8 cm³/mol. The summed E-state index contributed by atoms with van der Waals surface area (Å²) in [6.45, 7) is 9.32. The van der Waals surface area contributed by atoms with Crippen molar-refractivity contribution in [3.05, 3.63) is 0 Å². The average Bonchev–Trinajstić information content (AvgIpc) is 2.25. The van der Waals surface area contributed by atoms with Gasteiger partial charge in [0.1, 0.15) is 0 Å². The molecule has 0 radical (unpaired) electrons. The molecule has 2 unspecified atom stereocenters. The van der Waals surface area contributed by atoms with Crippen LogP contribution in [0.5, 0.6) is 0 Å². The summed E-state index contributed by atoms with van der Waals surface area (Å²) in [5.41, 5.74) is 5.52. The largest absolute Gasteiger partial charge is 0.378 e. The first-order valence-corrected chi connectivity index (χ1v) is 6.45. The lowest BCUT2D eigenvalue weighted by Gasteiger charge is -2.24. The second kappa shape index (κ2) is 8.48. The molecule has 0 saturated heterocycles. The molecular formula is C13H28N2O2. The van der Waals surface area contributed by atoms with Crippen molar-refractivity contribution < 1.29 is 9.53 Å². The van der Waals surface area contributed by atoms with Crippen molar-refractivity contribution in [3.8, 4) is 0 Å². The molecule has 4 heteroatoms. The molecule has 0 aliphatic heterocycles. The van der Waals surface area contributed by atoms with E-state index in [4.69, 9.17) is 10.5 Å². The van der Waals surface area contributed by atoms with Gasteiger partial charge in [0, 0.05) is 19.6 Å². The summed E-state index contributed by atoms with van der Waals surface area (Å²) in [5.74, 6) is 0.723. The Bertz CT molecular complexity index is 219. The fraction of sp³-hybridized carbons (Fsp3) is 0.923. The van der Waals surface area contributed by atoms with Gasteiger partial charge in [-0.25, -0.2) is 0 Å². The zero-order valence-corrected chi connectivity index (χ0v) is 11.9. The molecule has 0 rings (SSSR count). The molecule has 2 N–H and O–H groups in total. The van der Waals surface area contributed by atoms with E-state index in [-0.39, 0.29) is 18.1 Å². The van der Waals surface area contributed by atoms with Crippen molar-refractivity contribution in [1.82, 2.24) is 4.90 Å². The van der Waals surface area contributed by atoms with Crippen LogP contribution in [0.2, 0.25) is 0 Å². The molecule has 0 aliphatic carbocycles. The maximum Gasteiger partial charge on any atom is 0.224 e. The SMILES string of the molecule is CC(C)CC(C)OCCC(=O)N(C)C(C)CN. The number of hydrogen-bond donors (Lipinski definition) is 1. The first kappa shape index (κ1) is 16.4. The van der Waals surface area contributed by atoms with Gasteiger partial charge in [0.15, 0.2) is 0 Å². The monoisotopic (exact) mass is 244 g/mol. The highest BCUT2D eigenvalue weighted by atomic mass is 16.5. The molecule has 0 aromatic rings. The molecule has 2 atom stereocenters. The van der Waals surface area contributed by atoms with Crippen molar-refractivity contribution in [3.63, 3.8) is 0 Å². The van der Waals surface area contributed by atoms with Crippen LogP contribution in [0.4, 0.5) is 0 Å². The van der Waals surface area contributed by atoms with E-state index >= 15 is 0 Å². The van der Waals surface area contributed by atoms with Crippen LogP contribution in [0, 0.1) is 5.92 Å². The Morgan fingerprint density at radius 2 is 1.88 bits per heavy atom. The topological polar surface area (TPSA) is 55.6 Å². The molecule has 0 aromatic heterocycles. The number of hydrogen-bond acceptors (Lipinski definition) is 3. The Morgan fingerprint density at radius 3 is 2.35 bits per heavy atom. The van der Waals surface area contributed by atoms with Gasteiger partial charge in [-0.15, -0.1) is 0 Å². The summed E-state index contributed by atoms with van der Waals surface area (Å²) >= 11 is 0. The molecule has 0 spiro atoms. The lowest BCUT2D eigenvalue weighted by atomic mass is 10.1. The number of amides is 1. The van der Waals surface area contributed by atoms with E-state index in [0.29, 0.717) is 25.5 Å². The zero-order valence-electron chi connectivity index (χ0n) is 11.9. The molecule has 4 nitrogen and oxygen atoms in total. The van der Waals surface area contributed by atoms with Crippen molar-refractivity contribution in [2.75, 3.05) is 20.2 Å². The van der Waals surface area contributed by atoms with Crippen molar-refractivity contribution in [1.29, 1.82) is 0 Å². The minimum atomic E-state index is 0.0931. The molecule has 0 heterocycles. The predicted octanol–water partition coefficient (Wildman–Crippen LogP) is 1.63. The van der Waals surface area contributed by atoms with E-state index in [0.717, 1.165) is 6.42 Å². The Hall–Kier alpha value is -0.610.